The van der Waals surface area contributed by atoms with Gasteiger partial charge in [-0.25, -0.2) is 0 Å². The van der Waals surface area contributed by atoms with Crippen LogP contribution in [0.1, 0.15) is 51.6 Å². The Labute approximate surface area is 134 Å². The molecule has 1 fully saturated rings. The minimum absolute atomic E-state index is 0.340. The third kappa shape index (κ3) is 4.45. The summed E-state index contributed by atoms with van der Waals surface area (Å²) in [5.74, 6) is 0.584. The Morgan fingerprint density at radius 2 is 2.14 bits per heavy atom. The maximum Gasteiger partial charge on any atom is 0.0409 e. The molecule has 2 rings (SSSR count). The molecule has 3 atom stereocenters. The molecular weight excluding hydrogens is 280 g/mol. The summed E-state index contributed by atoms with van der Waals surface area (Å²) < 4.78 is 0. The zero-order valence-corrected chi connectivity index (χ0v) is 14.5. The van der Waals surface area contributed by atoms with Crippen LogP contribution in [0.25, 0.3) is 0 Å². The van der Waals surface area contributed by atoms with Crippen molar-refractivity contribution in [3.63, 3.8) is 0 Å². The Kier molecular flexibility index (Phi) is 5.34. The second-order valence-electron chi connectivity index (χ2n) is 7.50. The van der Waals surface area contributed by atoms with Gasteiger partial charge in [0.05, 0.1) is 0 Å². The van der Waals surface area contributed by atoms with E-state index in [1.54, 1.807) is 0 Å². The summed E-state index contributed by atoms with van der Waals surface area (Å²) in [5.41, 5.74) is 8.07. The van der Waals surface area contributed by atoms with Crippen molar-refractivity contribution in [3.8, 4) is 0 Å². The van der Waals surface area contributed by atoms with E-state index >= 15 is 0 Å². The fraction of sp³-hybridized carbons (Fsp3) is 0.667. The van der Waals surface area contributed by atoms with Crippen molar-refractivity contribution >= 4 is 11.6 Å². The number of hydrogen-bond donors (Lipinski definition) is 1. The molecule has 3 heteroatoms. The SMILES string of the molecule is CC(c1cccc(Cl)c1)N(C)CC1CC(C)(C)CCC1N. The highest BCUT2D eigenvalue weighted by atomic mass is 35.5. The Balaban J connectivity index is 2.01. The van der Waals surface area contributed by atoms with E-state index in [1.165, 1.54) is 18.4 Å². The lowest BCUT2D eigenvalue weighted by atomic mass is 9.70. The standard InChI is InChI=1S/C18H29ClN2/c1-13(14-6-5-7-16(19)10-14)21(4)12-15-11-18(2,3)9-8-17(15)20/h5-7,10,13,15,17H,8-9,11-12,20H2,1-4H3. The van der Waals surface area contributed by atoms with Crippen molar-refractivity contribution in [2.45, 2.75) is 52.1 Å². The van der Waals surface area contributed by atoms with Crippen LogP contribution in [0.15, 0.2) is 24.3 Å². The first-order chi connectivity index (χ1) is 9.78. The highest BCUT2D eigenvalue weighted by molar-refractivity contribution is 6.30. The summed E-state index contributed by atoms with van der Waals surface area (Å²) >= 11 is 6.11. The fourth-order valence-corrected chi connectivity index (χ4v) is 3.70. The fourth-order valence-electron chi connectivity index (χ4n) is 3.51. The Bertz CT molecular complexity index is 472. The lowest BCUT2D eigenvalue weighted by Gasteiger charge is -2.41. The van der Waals surface area contributed by atoms with Crippen LogP contribution < -0.4 is 5.73 Å². The van der Waals surface area contributed by atoms with E-state index in [2.05, 4.69) is 44.9 Å². The van der Waals surface area contributed by atoms with Crippen LogP contribution in [-0.2, 0) is 0 Å². The highest BCUT2D eigenvalue weighted by Crippen LogP contribution is 2.38. The lowest BCUT2D eigenvalue weighted by molar-refractivity contribution is 0.111. The smallest absolute Gasteiger partial charge is 0.0409 e. The quantitative estimate of drug-likeness (QED) is 0.888. The predicted molar refractivity (Wildman–Crippen MR) is 91.6 cm³/mol. The first kappa shape index (κ1) is 16.8. The number of nitrogens with two attached hydrogens (primary N) is 1. The molecule has 21 heavy (non-hydrogen) atoms. The van der Waals surface area contributed by atoms with Crippen molar-refractivity contribution in [1.29, 1.82) is 0 Å². The van der Waals surface area contributed by atoms with Gasteiger partial charge in [-0.05, 0) is 62.3 Å². The normalized spacial score (nSPS) is 26.8. The molecule has 2 N–H and O–H groups in total. The van der Waals surface area contributed by atoms with E-state index in [0.29, 0.717) is 23.4 Å². The number of benzene rings is 1. The van der Waals surface area contributed by atoms with E-state index in [0.717, 1.165) is 18.0 Å². The van der Waals surface area contributed by atoms with E-state index < -0.39 is 0 Å². The minimum Gasteiger partial charge on any atom is -0.327 e. The lowest BCUT2D eigenvalue weighted by Crippen LogP contribution is -2.44. The van der Waals surface area contributed by atoms with Gasteiger partial charge in [-0.1, -0.05) is 37.6 Å². The average Bonchev–Trinajstić information content (AvgIpc) is 2.42. The Morgan fingerprint density at radius 3 is 2.81 bits per heavy atom. The number of rotatable bonds is 4. The van der Waals surface area contributed by atoms with Gasteiger partial charge in [0.25, 0.3) is 0 Å². The molecule has 0 bridgehead atoms. The first-order valence-corrected chi connectivity index (χ1v) is 8.37. The maximum atomic E-state index is 6.36. The van der Waals surface area contributed by atoms with E-state index in [1.807, 2.05) is 12.1 Å². The third-order valence-corrected chi connectivity index (χ3v) is 5.32. The second kappa shape index (κ2) is 6.68. The average molecular weight is 309 g/mol. The molecule has 0 radical (unpaired) electrons. The van der Waals surface area contributed by atoms with Crippen LogP contribution in [0.4, 0.5) is 0 Å². The summed E-state index contributed by atoms with van der Waals surface area (Å²) in [4.78, 5) is 2.41. The summed E-state index contributed by atoms with van der Waals surface area (Å²) in [6.07, 6.45) is 3.62. The molecule has 1 aliphatic rings. The molecule has 0 saturated heterocycles. The molecule has 0 aromatic heterocycles. The molecule has 0 aliphatic heterocycles. The molecular formula is C18H29ClN2. The van der Waals surface area contributed by atoms with Gasteiger partial charge in [0, 0.05) is 23.7 Å². The topological polar surface area (TPSA) is 29.3 Å². The zero-order chi connectivity index (χ0) is 15.6. The van der Waals surface area contributed by atoms with Crippen LogP contribution in [0, 0.1) is 11.3 Å². The van der Waals surface area contributed by atoms with Gasteiger partial charge < -0.3 is 5.73 Å². The molecule has 118 valence electrons. The molecule has 2 nitrogen and oxygen atoms in total. The largest absolute Gasteiger partial charge is 0.327 e. The van der Waals surface area contributed by atoms with Gasteiger partial charge in [-0.15, -0.1) is 0 Å². The molecule has 3 unspecified atom stereocenters. The van der Waals surface area contributed by atoms with Gasteiger partial charge >= 0.3 is 0 Å². The number of hydrogen-bond acceptors (Lipinski definition) is 2. The predicted octanol–water partition coefficient (Wildman–Crippen LogP) is 4.49. The van der Waals surface area contributed by atoms with Crippen LogP contribution in [0.3, 0.4) is 0 Å². The summed E-state index contributed by atoms with van der Waals surface area (Å²) in [6, 6.07) is 8.87. The number of nitrogens with zero attached hydrogens (tertiary/aromatic N) is 1. The van der Waals surface area contributed by atoms with Crippen LogP contribution in [0.2, 0.25) is 5.02 Å². The first-order valence-electron chi connectivity index (χ1n) is 8.00. The number of halogens is 1. The van der Waals surface area contributed by atoms with Crippen molar-refractivity contribution in [1.82, 2.24) is 4.90 Å². The maximum absolute atomic E-state index is 6.36. The van der Waals surface area contributed by atoms with Gasteiger partial charge in [-0.2, -0.15) is 0 Å². The second-order valence-corrected chi connectivity index (χ2v) is 7.94. The van der Waals surface area contributed by atoms with E-state index in [9.17, 15) is 0 Å². The highest BCUT2D eigenvalue weighted by Gasteiger charge is 2.34. The van der Waals surface area contributed by atoms with Crippen molar-refractivity contribution in [2.75, 3.05) is 13.6 Å². The summed E-state index contributed by atoms with van der Waals surface area (Å²) in [7, 11) is 2.19. The van der Waals surface area contributed by atoms with Crippen LogP contribution in [0.5, 0.6) is 0 Å². The van der Waals surface area contributed by atoms with Crippen molar-refractivity contribution in [3.05, 3.63) is 34.9 Å². The monoisotopic (exact) mass is 308 g/mol. The molecule has 1 aliphatic carbocycles. The molecule has 0 amide bonds. The van der Waals surface area contributed by atoms with E-state index in [-0.39, 0.29) is 0 Å². The van der Waals surface area contributed by atoms with Gasteiger partial charge in [-0.3, -0.25) is 4.90 Å². The van der Waals surface area contributed by atoms with E-state index in [4.69, 9.17) is 17.3 Å². The van der Waals surface area contributed by atoms with Crippen LogP contribution in [-0.4, -0.2) is 24.5 Å². The van der Waals surface area contributed by atoms with Crippen LogP contribution >= 0.6 is 11.6 Å². The minimum atomic E-state index is 0.340. The summed E-state index contributed by atoms with van der Waals surface area (Å²) in [5, 5.41) is 0.809. The summed E-state index contributed by atoms with van der Waals surface area (Å²) in [6.45, 7) is 8.03. The van der Waals surface area contributed by atoms with Gasteiger partial charge in [0.2, 0.25) is 0 Å². The van der Waals surface area contributed by atoms with Crippen molar-refractivity contribution < 1.29 is 0 Å². The zero-order valence-electron chi connectivity index (χ0n) is 13.8. The van der Waals surface area contributed by atoms with Gasteiger partial charge in [0.1, 0.15) is 0 Å². The molecule has 0 spiro atoms. The Morgan fingerprint density at radius 1 is 1.43 bits per heavy atom. The van der Waals surface area contributed by atoms with Crippen molar-refractivity contribution in [2.24, 2.45) is 17.1 Å². The molecule has 1 aromatic rings. The third-order valence-electron chi connectivity index (χ3n) is 5.09. The molecule has 0 heterocycles. The van der Waals surface area contributed by atoms with Gasteiger partial charge in [0.15, 0.2) is 0 Å². The molecule has 1 aromatic carbocycles. The molecule has 1 saturated carbocycles. The Hall–Kier alpha value is -0.570.